The number of rotatable bonds is 3. The van der Waals surface area contributed by atoms with Crippen LogP contribution in [0.4, 0.5) is 0 Å². The molecule has 4 bridgehead atoms. The van der Waals surface area contributed by atoms with Gasteiger partial charge in [-0.3, -0.25) is 19.2 Å². The van der Waals surface area contributed by atoms with Gasteiger partial charge in [-0.25, -0.2) is 0 Å². The Morgan fingerprint density at radius 1 is 0.896 bits per heavy atom. The van der Waals surface area contributed by atoms with Crippen molar-refractivity contribution in [3.8, 4) is 17.2 Å². The van der Waals surface area contributed by atoms with E-state index >= 15 is 0 Å². The van der Waals surface area contributed by atoms with Crippen LogP contribution in [0.2, 0.25) is 0 Å². The number of amides is 4. The summed E-state index contributed by atoms with van der Waals surface area (Å²) in [5.74, 6) is 0.895. The van der Waals surface area contributed by atoms with E-state index in [2.05, 4.69) is 10.6 Å². The van der Waals surface area contributed by atoms with Gasteiger partial charge in [0.2, 0.25) is 11.8 Å². The molecule has 0 aromatic heterocycles. The Hall–Kier alpha value is -4.32. The Labute approximate surface area is 281 Å². The van der Waals surface area contributed by atoms with Gasteiger partial charge in [0.1, 0.15) is 17.9 Å². The SMILES string of the molecule is COc1ccc2cc1O[C@H]1C[C@@H](C(=O)NCCCCN(C(=O)C3CCOCC3)CCCNC2=O)N(C(=O)c2ccc3c(c2)CCCO3)C1. The van der Waals surface area contributed by atoms with Gasteiger partial charge in [0.15, 0.2) is 11.5 Å². The largest absolute Gasteiger partial charge is 0.493 e. The van der Waals surface area contributed by atoms with Gasteiger partial charge in [-0.1, -0.05) is 0 Å². The topological polar surface area (TPSA) is 136 Å². The number of carbonyl (C=O) groups excluding carboxylic acids is 4. The molecule has 0 spiro atoms. The second kappa shape index (κ2) is 15.7. The van der Waals surface area contributed by atoms with E-state index in [4.69, 9.17) is 18.9 Å². The van der Waals surface area contributed by atoms with Gasteiger partial charge in [0.05, 0.1) is 20.3 Å². The van der Waals surface area contributed by atoms with Crippen LogP contribution in [0.5, 0.6) is 17.2 Å². The van der Waals surface area contributed by atoms with Crippen molar-refractivity contribution in [1.82, 2.24) is 20.4 Å². The lowest BCUT2D eigenvalue weighted by Gasteiger charge is -2.29. The number of fused-ring (bicyclic) bond motifs is 5. The van der Waals surface area contributed by atoms with Gasteiger partial charge >= 0.3 is 0 Å². The van der Waals surface area contributed by atoms with E-state index in [1.165, 1.54) is 7.11 Å². The first-order valence-electron chi connectivity index (χ1n) is 17.2. The van der Waals surface area contributed by atoms with E-state index in [1.54, 1.807) is 29.2 Å². The Kier molecular flexibility index (Phi) is 11.0. The maximum absolute atomic E-state index is 14.0. The maximum atomic E-state index is 14.0. The highest BCUT2D eigenvalue weighted by Crippen LogP contribution is 2.33. The van der Waals surface area contributed by atoms with E-state index in [-0.39, 0.29) is 42.5 Å². The van der Waals surface area contributed by atoms with E-state index < -0.39 is 12.1 Å². The van der Waals surface area contributed by atoms with Crippen LogP contribution in [0.15, 0.2) is 36.4 Å². The number of nitrogens with zero attached hydrogens (tertiary/aromatic N) is 2. The molecule has 2 fully saturated rings. The molecule has 4 aliphatic rings. The Bertz CT molecular complexity index is 1490. The molecule has 0 aliphatic carbocycles. The zero-order valence-corrected chi connectivity index (χ0v) is 27.7. The van der Waals surface area contributed by atoms with Gasteiger partial charge in [0, 0.05) is 62.9 Å². The summed E-state index contributed by atoms with van der Waals surface area (Å²) in [6.45, 7) is 3.93. The lowest BCUT2D eigenvalue weighted by atomic mass is 9.98. The number of nitrogens with one attached hydrogen (secondary N) is 2. The van der Waals surface area contributed by atoms with Crippen molar-refractivity contribution in [2.24, 2.45) is 5.92 Å². The molecule has 258 valence electrons. The van der Waals surface area contributed by atoms with Gasteiger partial charge in [0.25, 0.3) is 11.8 Å². The molecule has 2 aromatic carbocycles. The third-order valence-corrected chi connectivity index (χ3v) is 9.63. The minimum absolute atomic E-state index is 0.0613. The fourth-order valence-corrected chi connectivity index (χ4v) is 6.97. The molecule has 4 amide bonds. The van der Waals surface area contributed by atoms with Crippen molar-refractivity contribution in [2.75, 3.05) is 59.7 Å². The minimum Gasteiger partial charge on any atom is -0.493 e. The molecule has 2 atom stereocenters. The van der Waals surface area contributed by atoms with Crippen molar-refractivity contribution in [2.45, 2.75) is 63.5 Å². The van der Waals surface area contributed by atoms with Crippen LogP contribution in [-0.4, -0.2) is 105 Å². The molecule has 0 radical (unpaired) electrons. The Morgan fingerprint density at radius 3 is 2.54 bits per heavy atom. The van der Waals surface area contributed by atoms with Gasteiger partial charge in [-0.15, -0.1) is 0 Å². The van der Waals surface area contributed by atoms with Gasteiger partial charge in [-0.2, -0.15) is 0 Å². The highest BCUT2D eigenvalue weighted by molar-refractivity contribution is 5.98. The molecule has 2 saturated heterocycles. The molecule has 48 heavy (non-hydrogen) atoms. The fraction of sp³-hybridized carbons (Fsp3) is 0.556. The molecule has 4 heterocycles. The van der Waals surface area contributed by atoms with Crippen LogP contribution in [-0.2, 0) is 20.7 Å². The summed E-state index contributed by atoms with van der Waals surface area (Å²) in [6, 6.07) is 9.67. The molecule has 12 nitrogen and oxygen atoms in total. The first kappa shape index (κ1) is 33.6. The van der Waals surface area contributed by atoms with Crippen molar-refractivity contribution in [3.63, 3.8) is 0 Å². The third kappa shape index (κ3) is 7.86. The van der Waals surface area contributed by atoms with Crippen molar-refractivity contribution >= 4 is 23.6 Å². The number of hydrogen-bond acceptors (Lipinski definition) is 8. The summed E-state index contributed by atoms with van der Waals surface area (Å²) < 4.78 is 23.1. The van der Waals surface area contributed by atoms with E-state index in [0.717, 1.165) is 24.2 Å². The molecule has 2 aromatic rings. The third-order valence-electron chi connectivity index (χ3n) is 9.63. The Balaban J connectivity index is 1.22. The zero-order valence-electron chi connectivity index (χ0n) is 27.7. The average Bonchev–Trinajstić information content (AvgIpc) is 3.55. The van der Waals surface area contributed by atoms with Crippen molar-refractivity contribution in [3.05, 3.63) is 53.1 Å². The van der Waals surface area contributed by atoms with Crippen LogP contribution in [0.1, 0.15) is 71.2 Å². The molecular formula is C36H46N4O8. The van der Waals surface area contributed by atoms with E-state index in [9.17, 15) is 19.2 Å². The summed E-state index contributed by atoms with van der Waals surface area (Å²) in [4.78, 5) is 57.7. The predicted octanol–water partition coefficient (Wildman–Crippen LogP) is 2.97. The molecular weight excluding hydrogens is 616 g/mol. The molecule has 6 rings (SSSR count). The second-order valence-electron chi connectivity index (χ2n) is 12.9. The molecule has 0 unspecified atom stereocenters. The van der Waals surface area contributed by atoms with Crippen LogP contribution < -0.4 is 24.8 Å². The van der Waals surface area contributed by atoms with Crippen molar-refractivity contribution < 1.29 is 38.1 Å². The van der Waals surface area contributed by atoms with Crippen molar-refractivity contribution in [1.29, 1.82) is 0 Å². The molecule has 12 heteroatoms. The monoisotopic (exact) mass is 662 g/mol. The first-order valence-corrected chi connectivity index (χ1v) is 17.2. The lowest BCUT2D eigenvalue weighted by molar-refractivity contribution is -0.138. The number of methoxy groups -OCH3 is 1. The standard InChI is InChI=1S/C36H46N4O8/c1-45-31-10-7-26-21-32(31)48-28-22-29(40(23-28)36(44)27-8-9-30-25(20-27)6-4-17-47-30)34(42)38-13-2-3-15-39(16-5-14-37-33(26)41)35(43)24-11-18-46-19-12-24/h7-10,20-21,24,28-29H,2-6,11-19,22-23H2,1H3,(H,37,41)(H,38,42)/t28-,29-/m0/s1. The zero-order chi connectivity index (χ0) is 33.5. The number of carbonyl (C=O) groups is 4. The predicted molar refractivity (Wildman–Crippen MR) is 176 cm³/mol. The van der Waals surface area contributed by atoms with Crippen LogP contribution >= 0.6 is 0 Å². The number of hydrogen-bond donors (Lipinski definition) is 2. The highest BCUT2D eigenvalue weighted by Gasteiger charge is 2.41. The van der Waals surface area contributed by atoms with Gasteiger partial charge < -0.3 is 39.4 Å². The van der Waals surface area contributed by atoms with E-state index in [0.29, 0.717) is 101 Å². The molecule has 2 N–H and O–H groups in total. The quantitative estimate of drug-likeness (QED) is 0.513. The second-order valence-corrected chi connectivity index (χ2v) is 12.9. The van der Waals surface area contributed by atoms with Crippen LogP contribution in [0.3, 0.4) is 0 Å². The molecule has 4 aliphatic heterocycles. The first-order chi connectivity index (χ1) is 23.4. The fourth-order valence-electron chi connectivity index (χ4n) is 6.97. The maximum Gasteiger partial charge on any atom is 0.254 e. The number of likely N-dealkylation sites (tertiary alicyclic amines) is 1. The lowest BCUT2D eigenvalue weighted by Crippen LogP contribution is -2.46. The normalized spacial score (nSPS) is 22.9. The Morgan fingerprint density at radius 2 is 1.71 bits per heavy atom. The summed E-state index contributed by atoms with van der Waals surface area (Å²) in [5.41, 5.74) is 1.88. The smallest absolute Gasteiger partial charge is 0.254 e. The summed E-state index contributed by atoms with van der Waals surface area (Å²) in [5, 5.41) is 6.02. The minimum atomic E-state index is -0.749. The highest BCUT2D eigenvalue weighted by atomic mass is 16.5. The number of aryl methyl sites for hydroxylation is 1. The average molecular weight is 663 g/mol. The van der Waals surface area contributed by atoms with E-state index in [1.807, 2.05) is 17.0 Å². The van der Waals surface area contributed by atoms with Gasteiger partial charge in [-0.05, 0) is 86.9 Å². The molecule has 0 saturated carbocycles. The van der Waals surface area contributed by atoms with Crippen LogP contribution in [0.25, 0.3) is 0 Å². The summed E-state index contributed by atoms with van der Waals surface area (Å²) in [7, 11) is 1.53. The summed E-state index contributed by atoms with van der Waals surface area (Å²) >= 11 is 0. The number of benzene rings is 2. The van der Waals surface area contributed by atoms with Crippen LogP contribution in [0, 0.1) is 5.92 Å². The number of ether oxygens (including phenoxy) is 4. The summed E-state index contributed by atoms with van der Waals surface area (Å²) in [6.07, 6.45) is 4.90.